The standard InChI is InChI=1S/C21H34O4/c1-12(2)18-9-10-19(11-18,13(3)4)21(15(7)8,17(24)25)20(18,14(5)6)16(22)23/h9-10,12-15H,11H2,1-8H3,(H,22,23)(H,24,25). The van der Waals surface area contributed by atoms with Crippen LogP contribution < -0.4 is 0 Å². The molecule has 0 aromatic carbocycles. The minimum absolute atomic E-state index is 0.0443. The molecule has 0 amide bonds. The summed E-state index contributed by atoms with van der Waals surface area (Å²) in [6.45, 7) is 15.7. The second-order valence-electron chi connectivity index (χ2n) is 9.44. The summed E-state index contributed by atoms with van der Waals surface area (Å²) in [5.41, 5.74) is -3.99. The Balaban J connectivity index is 3.11. The molecule has 4 heteroatoms. The van der Waals surface area contributed by atoms with Gasteiger partial charge in [0.1, 0.15) is 0 Å². The van der Waals surface area contributed by atoms with Crippen molar-refractivity contribution in [2.24, 2.45) is 45.3 Å². The van der Waals surface area contributed by atoms with Crippen molar-refractivity contribution < 1.29 is 19.8 Å². The van der Waals surface area contributed by atoms with E-state index in [-0.39, 0.29) is 23.7 Å². The fourth-order valence-corrected chi connectivity index (χ4v) is 7.09. The Bertz CT molecular complexity index is 565. The molecule has 0 spiro atoms. The fraction of sp³-hybridized carbons (Fsp3) is 0.810. The van der Waals surface area contributed by atoms with Crippen LogP contribution in [-0.4, -0.2) is 22.2 Å². The average Bonchev–Trinajstić information content (AvgIpc) is 2.97. The van der Waals surface area contributed by atoms with E-state index in [4.69, 9.17) is 0 Å². The molecule has 0 saturated heterocycles. The zero-order valence-electron chi connectivity index (χ0n) is 16.9. The van der Waals surface area contributed by atoms with E-state index in [1.807, 2.05) is 55.4 Å². The molecule has 1 fully saturated rings. The van der Waals surface area contributed by atoms with Crippen LogP contribution in [0.1, 0.15) is 61.8 Å². The Morgan fingerprint density at radius 3 is 1.12 bits per heavy atom. The summed E-state index contributed by atoms with van der Waals surface area (Å²) in [4.78, 5) is 25.9. The van der Waals surface area contributed by atoms with E-state index in [1.165, 1.54) is 0 Å². The number of aliphatic carboxylic acids is 2. The smallest absolute Gasteiger partial charge is 0.312 e. The van der Waals surface area contributed by atoms with Crippen LogP contribution in [0.2, 0.25) is 0 Å². The van der Waals surface area contributed by atoms with Gasteiger partial charge in [0.25, 0.3) is 0 Å². The lowest BCUT2D eigenvalue weighted by atomic mass is 9.40. The third-order valence-electron chi connectivity index (χ3n) is 7.82. The Labute approximate surface area is 151 Å². The number of allylic oxidation sites excluding steroid dienone is 2. The van der Waals surface area contributed by atoms with Gasteiger partial charge in [0.15, 0.2) is 0 Å². The molecule has 4 atom stereocenters. The zero-order valence-corrected chi connectivity index (χ0v) is 16.9. The number of carboxylic acids is 2. The summed E-state index contributed by atoms with van der Waals surface area (Å²) >= 11 is 0. The lowest BCUT2D eigenvalue weighted by Crippen LogP contribution is -2.67. The van der Waals surface area contributed by atoms with E-state index in [2.05, 4.69) is 12.2 Å². The Morgan fingerprint density at radius 2 is 0.960 bits per heavy atom. The van der Waals surface area contributed by atoms with Gasteiger partial charge >= 0.3 is 11.9 Å². The number of hydrogen-bond donors (Lipinski definition) is 2. The van der Waals surface area contributed by atoms with Gasteiger partial charge in [-0.3, -0.25) is 9.59 Å². The predicted molar refractivity (Wildman–Crippen MR) is 98.1 cm³/mol. The first kappa shape index (κ1) is 20.0. The zero-order chi connectivity index (χ0) is 19.6. The highest BCUT2D eigenvalue weighted by molar-refractivity contribution is 5.92. The first-order valence-electron chi connectivity index (χ1n) is 9.50. The molecule has 2 rings (SSSR count). The van der Waals surface area contributed by atoms with Crippen LogP contribution >= 0.6 is 0 Å². The number of carbonyl (C=O) groups is 2. The van der Waals surface area contributed by atoms with Gasteiger partial charge in [0.2, 0.25) is 0 Å². The number of hydrogen-bond acceptors (Lipinski definition) is 2. The highest BCUT2D eigenvalue weighted by Crippen LogP contribution is 2.82. The van der Waals surface area contributed by atoms with Gasteiger partial charge in [0, 0.05) is 10.8 Å². The van der Waals surface area contributed by atoms with E-state index in [9.17, 15) is 19.8 Å². The molecule has 0 heterocycles. The van der Waals surface area contributed by atoms with Crippen LogP contribution in [0.25, 0.3) is 0 Å². The molecular formula is C21H34O4. The topological polar surface area (TPSA) is 74.6 Å². The summed E-state index contributed by atoms with van der Waals surface area (Å²) in [5, 5.41) is 21.2. The molecule has 142 valence electrons. The predicted octanol–water partition coefficient (Wildman–Crippen LogP) is 4.70. The number of carboxylic acid groups (broad SMARTS) is 2. The molecule has 4 unspecified atom stereocenters. The van der Waals surface area contributed by atoms with Crippen molar-refractivity contribution in [1.29, 1.82) is 0 Å². The van der Waals surface area contributed by atoms with E-state index in [0.29, 0.717) is 6.42 Å². The molecule has 0 aromatic heterocycles. The molecule has 2 aliphatic carbocycles. The van der Waals surface area contributed by atoms with Crippen molar-refractivity contribution in [2.75, 3.05) is 0 Å². The van der Waals surface area contributed by atoms with Gasteiger partial charge in [0.05, 0.1) is 10.8 Å². The fourth-order valence-electron chi connectivity index (χ4n) is 7.09. The maximum atomic E-state index is 13.0. The highest BCUT2D eigenvalue weighted by atomic mass is 16.4. The molecule has 25 heavy (non-hydrogen) atoms. The van der Waals surface area contributed by atoms with Gasteiger partial charge in [-0.2, -0.15) is 0 Å². The van der Waals surface area contributed by atoms with Crippen molar-refractivity contribution in [3.63, 3.8) is 0 Å². The molecule has 2 aliphatic rings. The quantitative estimate of drug-likeness (QED) is 0.681. The van der Waals surface area contributed by atoms with Gasteiger partial charge in [-0.15, -0.1) is 0 Å². The Kier molecular flexibility index (Phi) is 4.47. The van der Waals surface area contributed by atoms with Crippen molar-refractivity contribution in [1.82, 2.24) is 0 Å². The van der Waals surface area contributed by atoms with E-state index >= 15 is 0 Å². The molecule has 2 N–H and O–H groups in total. The van der Waals surface area contributed by atoms with Gasteiger partial charge in [-0.05, 0) is 30.1 Å². The van der Waals surface area contributed by atoms with Crippen LogP contribution in [0.5, 0.6) is 0 Å². The molecule has 1 saturated carbocycles. The third kappa shape index (κ3) is 1.74. The first-order valence-corrected chi connectivity index (χ1v) is 9.50. The summed E-state index contributed by atoms with van der Waals surface area (Å²) in [7, 11) is 0. The first-order chi connectivity index (χ1) is 11.3. The minimum Gasteiger partial charge on any atom is -0.481 e. The molecular weight excluding hydrogens is 316 g/mol. The van der Waals surface area contributed by atoms with Gasteiger partial charge < -0.3 is 10.2 Å². The van der Waals surface area contributed by atoms with Crippen LogP contribution in [0.15, 0.2) is 12.2 Å². The van der Waals surface area contributed by atoms with Crippen molar-refractivity contribution in [3.05, 3.63) is 12.2 Å². The van der Waals surface area contributed by atoms with Crippen molar-refractivity contribution in [2.45, 2.75) is 61.8 Å². The Morgan fingerprint density at radius 1 is 0.680 bits per heavy atom. The molecule has 2 bridgehead atoms. The molecule has 0 aromatic rings. The van der Waals surface area contributed by atoms with Crippen LogP contribution in [-0.2, 0) is 9.59 Å². The Hall–Kier alpha value is -1.32. The lowest BCUT2D eigenvalue weighted by molar-refractivity contribution is -0.206. The SMILES string of the molecule is CC(C)C12C=CC(C(C)C)(C1)C(C(=O)O)(C(C)C)C2(C(=O)O)C(C)C. The minimum atomic E-state index is -1.34. The summed E-state index contributed by atoms with van der Waals surface area (Å²) in [5.74, 6) is -2.42. The average molecular weight is 350 g/mol. The summed E-state index contributed by atoms with van der Waals surface area (Å²) in [6, 6.07) is 0. The number of fused-ring (bicyclic) bond motifs is 2. The second-order valence-corrected chi connectivity index (χ2v) is 9.44. The molecule has 0 aliphatic heterocycles. The maximum absolute atomic E-state index is 13.0. The van der Waals surface area contributed by atoms with Crippen LogP contribution in [0, 0.1) is 45.3 Å². The largest absolute Gasteiger partial charge is 0.481 e. The summed E-state index contributed by atoms with van der Waals surface area (Å²) < 4.78 is 0. The normalized spacial score (nSPS) is 40.0. The van der Waals surface area contributed by atoms with Crippen LogP contribution in [0.3, 0.4) is 0 Å². The van der Waals surface area contributed by atoms with E-state index in [1.54, 1.807) is 0 Å². The van der Waals surface area contributed by atoms with Crippen molar-refractivity contribution in [3.8, 4) is 0 Å². The van der Waals surface area contributed by atoms with E-state index in [0.717, 1.165) is 0 Å². The van der Waals surface area contributed by atoms with Gasteiger partial charge in [-0.25, -0.2) is 0 Å². The lowest BCUT2D eigenvalue weighted by Gasteiger charge is -2.59. The summed E-state index contributed by atoms with van der Waals surface area (Å²) in [6.07, 6.45) is 4.73. The second kappa shape index (κ2) is 5.59. The van der Waals surface area contributed by atoms with Gasteiger partial charge in [-0.1, -0.05) is 67.5 Å². The third-order valence-corrected chi connectivity index (χ3v) is 7.82. The highest BCUT2D eigenvalue weighted by Gasteiger charge is 2.86. The monoisotopic (exact) mass is 350 g/mol. The maximum Gasteiger partial charge on any atom is 0.312 e. The van der Waals surface area contributed by atoms with Crippen LogP contribution in [0.4, 0.5) is 0 Å². The van der Waals surface area contributed by atoms with Crippen molar-refractivity contribution >= 4 is 11.9 Å². The van der Waals surface area contributed by atoms with E-state index < -0.39 is 33.6 Å². The number of rotatable bonds is 6. The molecule has 0 radical (unpaired) electrons. The molecule has 4 nitrogen and oxygen atoms in total.